The molecule has 0 aliphatic heterocycles. The molecule has 0 saturated heterocycles. The predicted octanol–water partition coefficient (Wildman–Crippen LogP) is 4.12. The van der Waals surface area contributed by atoms with Crippen LogP contribution >= 0.6 is 11.6 Å². The summed E-state index contributed by atoms with van der Waals surface area (Å²) in [6, 6.07) is 0. The highest BCUT2D eigenvalue weighted by Gasteiger charge is 2.16. The second-order valence-corrected chi connectivity index (χ2v) is 6.00. The van der Waals surface area contributed by atoms with E-state index in [1.54, 1.807) is 0 Å². The van der Waals surface area contributed by atoms with Crippen molar-refractivity contribution in [2.24, 2.45) is 11.8 Å². The molecule has 0 heterocycles. The van der Waals surface area contributed by atoms with Crippen molar-refractivity contribution in [2.45, 2.75) is 64.7 Å². The Morgan fingerprint density at radius 2 is 1.94 bits per heavy atom. The third-order valence-electron chi connectivity index (χ3n) is 4.13. The van der Waals surface area contributed by atoms with Crippen LogP contribution in [0.4, 0.5) is 0 Å². The van der Waals surface area contributed by atoms with Crippen molar-refractivity contribution < 1.29 is 4.79 Å². The van der Waals surface area contributed by atoms with Gasteiger partial charge < -0.3 is 5.32 Å². The maximum Gasteiger partial charge on any atom is 0.220 e. The molecule has 1 aliphatic rings. The van der Waals surface area contributed by atoms with Gasteiger partial charge in [0.15, 0.2) is 0 Å². The molecule has 0 spiro atoms. The largest absolute Gasteiger partial charge is 0.356 e. The van der Waals surface area contributed by atoms with E-state index >= 15 is 0 Å². The van der Waals surface area contributed by atoms with Gasteiger partial charge in [0.2, 0.25) is 5.91 Å². The van der Waals surface area contributed by atoms with Crippen LogP contribution in [0.3, 0.4) is 0 Å². The molecule has 1 fully saturated rings. The molecule has 3 heteroatoms. The molecule has 0 bridgehead atoms. The predicted molar refractivity (Wildman–Crippen MR) is 77.9 cm³/mol. The number of rotatable bonds is 7. The first-order valence-corrected chi connectivity index (χ1v) is 8.12. The Labute approximate surface area is 117 Å². The molecule has 1 N–H and O–H groups in total. The van der Waals surface area contributed by atoms with Crippen molar-refractivity contribution in [3.05, 3.63) is 0 Å². The topological polar surface area (TPSA) is 29.1 Å². The lowest BCUT2D eigenvalue weighted by atomic mass is 9.96. The third-order valence-corrected chi connectivity index (χ3v) is 4.35. The monoisotopic (exact) mass is 273 g/mol. The van der Waals surface area contributed by atoms with Gasteiger partial charge in [-0.2, -0.15) is 0 Å². The zero-order valence-electron chi connectivity index (χ0n) is 11.7. The lowest BCUT2D eigenvalue weighted by molar-refractivity contribution is -0.122. The van der Waals surface area contributed by atoms with Gasteiger partial charge in [0, 0.05) is 18.8 Å². The number of alkyl halides is 1. The molecule has 1 atom stereocenters. The van der Waals surface area contributed by atoms with Gasteiger partial charge in [-0.1, -0.05) is 39.0 Å². The highest BCUT2D eigenvalue weighted by atomic mass is 35.5. The minimum absolute atomic E-state index is 0.245. The molecule has 0 aromatic rings. The van der Waals surface area contributed by atoms with Crippen molar-refractivity contribution in [3.63, 3.8) is 0 Å². The normalized spacial score (nSPS) is 19.2. The highest BCUT2D eigenvalue weighted by Crippen LogP contribution is 2.25. The SMILES string of the molecule is CCC(CCCl)CNC(=O)CC1CCCCCC1. The van der Waals surface area contributed by atoms with Gasteiger partial charge in [-0.3, -0.25) is 4.79 Å². The lowest BCUT2D eigenvalue weighted by Crippen LogP contribution is -2.30. The van der Waals surface area contributed by atoms with E-state index in [2.05, 4.69) is 12.2 Å². The number of hydrogen-bond acceptors (Lipinski definition) is 1. The van der Waals surface area contributed by atoms with Crippen LogP contribution in [0.25, 0.3) is 0 Å². The summed E-state index contributed by atoms with van der Waals surface area (Å²) < 4.78 is 0. The Bertz CT molecular complexity index is 225. The fourth-order valence-electron chi connectivity index (χ4n) is 2.77. The quantitative estimate of drug-likeness (QED) is 0.549. The lowest BCUT2D eigenvalue weighted by Gasteiger charge is -2.17. The smallest absolute Gasteiger partial charge is 0.220 e. The van der Waals surface area contributed by atoms with Crippen LogP contribution in [-0.4, -0.2) is 18.3 Å². The van der Waals surface area contributed by atoms with Crippen LogP contribution in [0.15, 0.2) is 0 Å². The average molecular weight is 274 g/mol. The van der Waals surface area contributed by atoms with Gasteiger partial charge in [-0.05, 0) is 31.1 Å². The molecular weight excluding hydrogens is 246 g/mol. The van der Waals surface area contributed by atoms with Crippen LogP contribution < -0.4 is 5.32 Å². The Kier molecular flexibility index (Phi) is 8.49. The summed E-state index contributed by atoms with van der Waals surface area (Å²) in [6.45, 7) is 2.96. The summed E-state index contributed by atoms with van der Waals surface area (Å²) in [5, 5.41) is 3.09. The van der Waals surface area contributed by atoms with Crippen LogP contribution in [0, 0.1) is 11.8 Å². The van der Waals surface area contributed by atoms with Gasteiger partial charge in [0.25, 0.3) is 0 Å². The second kappa shape index (κ2) is 9.66. The number of carbonyl (C=O) groups is 1. The highest BCUT2D eigenvalue weighted by molar-refractivity contribution is 6.17. The molecule has 1 rings (SSSR count). The molecule has 0 aromatic heterocycles. The summed E-state index contributed by atoms with van der Waals surface area (Å²) in [6.07, 6.45) is 10.6. The molecule has 1 amide bonds. The van der Waals surface area contributed by atoms with Gasteiger partial charge in [0.1, 0.15) is 0 Å². The zero-order chi connectivity index (χ0) is 13.2. The first-order valence-electron chi connectivity index (χ1n) is 7.59. The molecule has 1 unspecified atom stereocenters. The van der Waals surface area contributed by atoms with Crippen molar-refractivity contribution >= 4 is 17.5 Å². The molecule has 0 aromatic carbocycles. The minimum atomic E-state index is 0.245. The van der Waals surface area contributed by atoms with Crippen LogP contribution in [0.2, 0.25) is 0 Å². The molecule has 106 valence electrons. The van der Waals surface area contributed by atoms with Crippen LogP contribution in [-0.2, 0) is 4.79 Å². The number of amides is 1. The van der Waals surface area contributed by atoms with E-state index < -0.39 is 0 Å². The Balaban J connectivity index is 2.19. The van der Waals surface area contributed by atoms with Crippen LogP contribution in [0.1, 0.15) is 64.7 Å². The molecule has 1 saturated carbocycles. The van der Waals surface area contributed by atoms with Gasteiger partial charge in [-0.25, -0.2) is 0 Å². The maximum atomic E-state index is 11.9. The van der Waals surface area contributed by atoms with Crippen molar-refractivity contribution in [3.8, 4) is 0 Å². The summed E-state index contributed by atoms with van der Waals surface area (Å²) in [4.78, 5) is 11.9. The fraction of sp³-hybridized carbons (Fsp3) is 0.933. The summed E-state index contributed by atoms with van der Waals surface area (Å²) in [5.41, 5.74) is 0. The van der Waals surface area contributed by atoms with Gasteiger partial charge in [0.05, 0.1) is 0 Å². The molecule has 2 nitrogen and oxygen atoms in total. The molecule has 1 aliphatic carbocycles. The molecule has 0 radical (unpaired) electrons. The fourth-order valence-corrected chi connectivity index (χ4v) is 3.07. The van der Waals surface area contributed by atoms with E-state index in [-0.39, 0.29) is 5.91 Å². The van der Waals surface area contributed by atoms with E-state index in [9.17, 15) is 4.79 Å². The second-order valence-electron chi connectivity index (χ2n) is 5.62. The van der Waals surface area contributed by atoms with Crippen LogP contribution in [0.5, 0.6) is 0 Å². The molecule has 18 heavy (non-hydrogen) atoms. The first kappa shape index (κ1) is 15.8. The van der Waals surface area contributed by atoms with E-state index in [1.807, 2.05) is 0 Å². The van der Waals surface area contributed by atoms with E-state index in [0.717, 1.165) is 25.8 Å². The standard InChI is InChI=1S/C15H28ClNO/c1-2-13(9-10-16)12-17-15(18)11-14-7-5-3-4-6-8-14/h13-14H,2-12H2,1H3,(H,17,18). The Morgan fingerprint density at radius 3 is 2.50 bits per heavy atom. The first-order chi connectivity index (χ1) is 8.76. The van der Waals surface area contributed by atoms with Crippen molar-refractivity contribution in [1.29, 1.82) is 0 Å². The van der Waals surface area contributed by atoms with Gasteiger partial charge >= 0.3 is 0 Å². The summed E-state index contributed by atoms with van der Waals surface area (Å²) in [7, 11) is 0. The maximum absolute atomic E-state index is 11.9. The summed E-state index contributed by atoms with van der Waals surface area (Å²) in [5.74, 6) is 2.10. The zero-order valence-corrected chi connectivity index (χ0v) is 12.5. The number of nitrogens with one attached hydrogen (secondary N) is 1. The third kappa shape index (κ3) is 6.63. The van der Waals surface area contributed by atoms with Gasteiger partial charge in [-0.15, -0.1) is 11.6 Å². The van der Waals surface area contributed by atoms with Crippen molar-refractivity contribution in [2.75, 3.05) is 12.4 Å². The average Bonchev–Trinajstić information content (AvgIpc) is 2.63. The number of halogens is 1. The minimum Gasteiger partial charge on any atom is -0.356 e. The number of carbonyl (C=O) groups excluding carboxylic acids is 1. The Morgan fingerprint density at radius 1 is 1.28 bits per heavy atom. The molecular formula is C15H28ClNO. The van der Waals surface area contributed by atoms with Crippen molar-refractivity contribution in [1.82, 2.24) is 5.32 Å². The Hall–Kier alpha value is -0.240. The van der Waals surface area contributed by atoms with E-state index in [0.29, 0.717) is 17.7 Å². The van der Waals surface area contributed by atoms with E-state index in [1.165, 1.54) is 38.5 Å². The van der Waals surface area contributed by atoms with E-state index in [4.69, 9.17) is 11.6 Å². The summed E-state index contributed by atoms with van der Waals surface area (Å²) >= 11 is 5.75. The number of hydrogen-bond donors (Lipinski definition) is 1.